The number of rotatable bonds is 4. The number of anilines is 1. The number of aromatic nitrogens is 3. The van der Waals surface area contributed by atoms with Crippen molar-refractivity contribution in [3.63, 3.8) is 0 Å². The lowest BCUT2D eigenvalue weighted by molar-refractivity contribution is -0.120. The predicted molar refractivity (Wildman–Crippen MR) is 82.8 cm³/mol. The highest BCUT2D eigenvalue weighted by Crippen LogP contribution is 2.32. The molecule has 0 unspecified atom stereocenters. The summed E-state index contributed by atoms with van der Waals surface area (Å²) < 4.78 is 1.87. The van der Waals surface area contributed by atoms with E-state index >= 15 is 0 Å². The van der Waals surface area contributed by atoms with Gasteiger partial charge in [-0.05, 0) is 31.9 Å². The number of imidazole rings is 1. The van der Waals surface area contributed by atoms with Gasteiger partial charge in [-0.2, -0.15) is 0 Å². The van der Waals surface area contributed by atoms with Gasteiger partial charge in [0, 0.05) is 12.4 Å². The van der Waals surface area contributed by atoms with Gasteiger partial charge < -0.3 is 10.4 Å². The highest BCUT2D eigenvalue weighted by molar-refractivity contribution is 5.91. The fraction of sp³-hybridized carbons (Fsp3) is 0.438. The number of nitrogens with one attached hydrogen (secondary N) is 1. The number of carbonyl (C=O) groups is 1. The number of aliphatic hydroxyl groups is 1. The second-order valence-electron chi connectivity index (χ2n) is 5.91. The summed E-state index contributed by atoms with van der Waals surface area (Å²) in [6.45, 7) is 1.90. The molecule has 0 radical (unpaired) electrons. The number of aryl methyl sites for hydroxylation is 1. The summed E-state index contributed by atoms with van der Waals surface area (Å²) in [4.78, 5) is 20.5. The standard InChI is InChI=1S/C16H20N4O2/c1-12-17-8-9-20(12)14-5-4-13(11-18-14)19-15(21)10-16(22)6-2-3-7-16/h4-5,8-9,11,22H,2-3,6-7,10H2,1H3,(H,19,21). The maximum Gasteiger partial charge on any atom is 0.227 e. The lowest BCUT2D eigenvalue weighted by Crippen LogP contribution is -2.30. The Morgan fingerprint density at radius 3 is 2.73 bits per heavy atom. The molecule has 22 heavy (non-hydrogen) atoms. The van der Waals surface area contributed by atoms with Gasteiger partial charge in [-0.25, -0.2) is 9.97 Å². The molecule has 6 heteroatoms. The number of carbonyl (C=O) groups excluding carboxylic acids is 1. The molecule has 6 nitrogen and oxygen atoms in total. The van der Waals surface area contributed by atoms with Crippen molar-refractivity contribution in [3.05, 3.63) is 36.5 Å². The van der Waals surface area contributed by atoms with Gasteiger partial charge in [-0.3, -0.25) is 9.36 Å². The van der Waals surface area contributed by atoms with E-state index in [2.05, 4.69) is 15.3 Å². The first-order chi connectivity index (χ1) is 10.6. The van der Waals surface area contributed by atoms with E-state index in [-0.39, 0.29) is 12.3 Å². The molecule has 1 fully saturated rings. The van der Waals surface area contributed by atoms with Crippen LogP contribution in [0.3, 0.4) is 0 Å². The van der Waals surface area contributed by atoms with E-state index < -0.39 is 5.60 Å². The summed E-state index contributed by atoms with van der Waals surface area (Å²) in [6, 6.07) is 3.63. The topological polar surface area (TPSA) is 80.0 Å². The van der Waals surface area contributed by atoms with Crippen LogP contribution in [-0.4, -0.2) is 31.1 Å². The maximum absolute atomic E-state index is 12.0. The molecule has 2 aromatic heterocycles. The number of nitrogens with zero attached hydrogens (tertiary/aromatic N) is 3. The molecular formula is C16H20N4O2. The molecule has 0 aromatic carbocycles. The normalized spacial score (nSPS) is 16.6. The van der Waals surface area contributed by atoms with E-state index in [1.165, 1.54) is 0 Å². The van der Waals surface area contributed by atoms with Crippen molar-refractivity contribution in [3.8, 4) is 5.82 Å². The van der Waals surface area contributed by atoms with Crippen molar-refractivity contribution in [2.45, 2.75) is 44.6 Å². The summed E-state index contributed by atoms with van der Waals surface area (Å²) in [5, 5.41) is 13.0. The Balaban J connectivity index is 1.64. The van der Waals surface area contributed by atoms with Gasteiger partial charge in [-0.15, -0.1) is 0 Å². The molecule has 1 aliphatic rings. The van der Waals surface area contributed by atoms with Crippen LogP contribution < -0.4 is 5.32 Å². The molecule has 2 heterocycles. The molecule has 1 saturated carbocycles. The van der Waals surface area contributed by atoms with Crippen LogP contribution in [0, 0.1) is 6.92 Å². The average Bonchev–Trinajstić information content (AvgIpc) is 3.08. The summed E-state index contributed by atoms with van der Waals surface area (Å²) in [6.07, 6.45) is 8.71. The fourth-order valence-corrected chi connectivity index (χ4v) is 2.94. The Labute approximate surface area is 129 Å². The predicted octanol–water partition coefficient (Wildman–Crippen LogP) is 2.21. The van der Waals surface area contributed by atoms with Crippen LogP contribution >= 0.6 is 0 Å². The first kappa shape index (κ1) is 14.7. The molecule has 2 N–H and O–H groups in total. The van der Waals surface area contributed by atoms with Crippen LogP contribution in [0.5, 0.6) is 0 Å². The van der Waals surface area contributed by atoms with Gasteiger partial charge in [0.1, 0.15) is 11.6 Å². The third kappa shape index (κ3) is 3.17. The van der Waals surface area contributed by atoms with Gasteiger partial charge in [-0.1, -0.05) is 12.8 Å². The largest absolute Gasteiger partial charge is 0.389 e. The second-order valence-corrected chi connectivity index (χ2v) is 5.91. The van der Waals surface area contributed by atoms with E-state index in [4.69, 9.17) is 0 Å². The number of hydrogen-bond acceptors (Lipinski definition) is 4. The van der Waals surface area contributed by atoms with E-state index in [1.807, 2.05) is 23.8 Å². The molecule has 0 atom stereocenters. The van der Waals surface area contributed by atoms with Gasteiger partial charge in [0.25, 0.3) is 0 Å². The van der Waals surface area contributed by atoms with Crippen molar-refractivity contribution < 1.29 is 9.90 Å². The van der Waals surface area contributed by atoms with Crippen LogP contribution in [0.1, 0.15) is 37.9 Å². The molecule has 0 aliphatic heterocycles. The molecule has 0 spiro atoms. The maximum atomic E-state index is 12.0. The molecule has 2 aromatic rings. The molecule has 1 amide bonds. The minimum atomic E-state index is -0.828. The minimum absolute atomic E-state index is 0.148. The van der Waals surface area contributed by atoms with Crippen molar-refractivity contribution in [2.75, 3.05) is 5.32 Å². The lowest BCUT2D eigenvalue weighted by atomic mass is 9.98. The van der Waals surface area contributed by atoms with Crippen LogP contribution in [0.4, 0.5) is 5.69 Å². The first-order valence-corrected chi connectivity index (χ1v) is 7.54. The average molecular weight is 300 g/mol. The first-order valence-electron chi connectivity index (χ1n) is 7.54. The van der Waals surface area contributed by atoms with Gasteiger partial charge in [0.15, 0.2) is 0 Å². The highest BCUT2D eigenvalue weighted by atomic mass is 16.3. The quantitative estimate of drug-likeness (QED) is 0.907. The third-order valence-electron chi connectivity index (χ3n) is 4.13. The Kier molecular flexibility index (Phi) is 3.94. The van der Waals surface area contributed by atoms with Crippen molar-refractivity contribution in [2.24, 2.45) is 0 Å². The molecular weight excluding hydrogens is 280 g/mol. The SMILES string of the molecule is Cc1nccn1-c1ccc(NC(=O)CC2(O)CCCC2)cn1. The zero-order valence-corrected chi connectivity index (χ0v) is 12.6. The summed E-state index contributed by atoms with van der Waals surface area (Å²) >= 11 is 0. The minimum Gasteiger partial charge on any atom is -0.389 e. The van der Waals surface area contributed by atoms with Crippen molar-refractivity contribution in [1.29, 1.82) is 0 Å². The van der Waals surface area contributed by atoms with Crippen LogP contribution in [0.25, 0.3) is 5.82 Å². The number of pyridine rings is 1. The van der Waals surface area contributed by atoms with Crippen molar-refractivity contribution in [1.82, 2.24) is 14.5 Å². The third-order valence-corrected chi connectivity index (χ3v) is 4.13. The smallest absolute Gasteiger partial charge is 0.227 e. The van der Waals surface area contributed by atoms with E-state index in [9.17, 15) is 9.90 Å². The lowest BCUT2D eigenvalue weighted by Gasteiger charge is -2.21. The zero-order chi connectivity index (χ0) is 15.6. The summed E-state index contributed by atoms with van der Waals surface area (Å²) in [7, 11) is 0. The fourth-order valence-electron chi connectivity index (χ4n) is 2.94. The Morgan fingerprint density at radius 2 is 2.14 bits per heavy atom. The van der Waals surface area contributed by atoms with Gasteiger partial charge >= 0.3 is 0 Å². The second kappa shape index (κ2) is 5.88. The highest BCUT2D eigenvalue weighted by Gasteiger charge is 2.33. The molecule has 1 aliphatic carbocycles. The number of amides is 1. The molecule has 0 bridgehead atoms. The molecule has 3 rings (SSSR count). The summed E-state index contributed by atoms with van der Waals surface area (Å²) in [5.74, 6) is 1.44. The van der Waals surface area contributed by atoms with Gasteiger partial charge in [0.05, 0.1) is 23.9 Å². The Bertz CT molecular complexity index is 657. The van der Waals surface area contributed by atoms with E-state index in [0.717, 1.165) is 24.5 Å². The van der Waals surface area contributed by atoms with Crippen LogP contribution in [-0.2, 0) is 4.79 Å². The Morgan fingerprint density at radius 1 is 1.36 bits per heavy atom. The zero-order valence-electron chi connectivity index (χ0n) is 12.6. The van der Waals surface area contributed by atoms with Crippen molar-refractivity contribution >= 4 is 11.6 Å². The monoisotopic (exact) mass is 300 g/mol. The Hall–Kier alpha value is -2.21. The summed E-state index contributed by atoms with van der Waals surface area (Å²) in [5.41, 5.74) is -0.195. The van der Waals surface area contributed by atoms with Crippen LogP contribution in [0.2, 0.25) is 0 Å². The number of hydrogen-bond donors (Lipinski definition) is 2. The molecule has 116 valence electrons. The van der Waals surface area contributed by atoms with E-state index in [0.29, 0.717) is 18.5 Å². The van der Waals surface area contributed by atoms with Crippen LogP contribution in [0.15, 0.2) is 30.7 Å². The van der Waals surface area contributed by atoms with E-state index in [1.54, 1.807) is 18.5 Å². The molecule has 0 saturated heterocycles. The van der Waals surface area contributed by atoms with Gasteiger partial charge in [0.2, 0.25) is 5.91 Å².